The van der Waals surface area contributed by atoms with Gasteiger partial charge in [0.1, 0.15) is 11.4 Å². The Bertz CT molecular complexity index is 385. The van der Waals surface area contributed by atoms with E-state index in [1.54, 1.807) is 0 Å². The molecule has 1 rings (SSSR count). The molecule has 1 N–H and O–H groups in total. The lowest BCUT2D eigenvalue weighted by molar-refractivity contribution is 0.0764. The van der Waals surface area contributed by atoms with Gasteiger partial charge in [-0.25, -0.2) is 0 Å². The summed E-state index contributed by atoms with van der Waals surface area (Å²) in [5.74, 6) is 1.43. The molecule has 0 aliphatic heterocycles. The molecular formula is C14H22O3S. The monoisotopic (exact) mass is 270 g/mol. The fraction of sp³-hybridized carbons (Fsp3) is 0.571. The lowest BCUT2D eigenvalue weighted by Crippen LogP contribution is -2.29. The van der Waals surface area contributed by atoms with Gasteiger partial charge < -0.3 is 9.84 Å². The first kappa shape index (κ1) is 15.2. The highest BCUT2D eigenvalue weighted by Crippen LogP contribution is 2.22. The van der Waals surface area contributed by atoms with E-state index in [1.165, 1.54) is 0 Å². The van der Waals surface area contributed by atoms with Gasteiger partial charge in [-0.1, -0.05) is 6.92 Å². The summed E-state index contributed by atoms with van der Waals surface area (Å²) < 4.78 is 17.6. The van der Waals surface area contributed by atoms with Crippen LogP contribution in [0.25, 0.3) is 0 Å². The van der Waals surface area contributed by atoms with Gasteiger partial charge in [0.15, 0.2) is 0 Å². The molecule has 0 bridgehead atoms. The zero-order valence-electron chi connectivity index (χ0n) is 11.3. The van der Waals surface area contributed by atoms with Crippen LogP contribution in [0.15, 0.2) is 29.2 Å². The van der Waals surface area contributed by atoms with Crippen molar-refractivity contribution in [3.05, 3.63) is 24.3 Å². The van der Waals surface area contributed by atoms with Crippen molar-refractivity contribution in [1.82, 2.24) is 0 Å². The van der Waals surface area contributed by atoms with Crippen LogP contribution in [0.5, 0.6) is 5.75 Å². The second-order valence-electron chi connectivity index (χ2n) is 4.86. The van der Waals surface area contributed by atoms with Crippen molar-refractivity contribution >= 4 is 10.8 Å². The maximum Gasteiger partial charge on any atom is 0.120 e. The third-order valence-electron chi connectivity index (χ3n) is 2.58. The topological polar surface area (TPSA) is 46.5 Å². The van der Waals surface area contributed by atoms with Gasteiger partial charge in [-0.2, -0.15) is 0 Å². The quantitative estimate of drug-likeness (QED) is 0.828. The molecule has 4 heteroatoms. The molecule has 18 heavy (non-hydrogen) atoms. The molecule has 0 fully saturated rings. The van der Waals surface area contributed by atoms with Gasteiger partial charge in [-0.05, 0) is 44.5 Å². The minimum absolute atomic E-state index is 0.103. The van der Waals surface area contributed by atoms with Crippen LogP contribution < -0.4 is 4.74 Å². The first-order valence-electron chi connectivity index (χ1n) is 6.27. The van der Waals surface area contributed by atoms with Gasteiger partial charge in [-0.3, -0.25) is 4.21 Å². The van der Waals surface area contributed by atoms with Crippen LogP contribution in [0.3, 0.4) is 0 Å². The summed E-state index contributed by atoms with van der Waals surface area (Å²) in [6, 6.07) is 7.36. The summed E-state index contributed by atoms with van der Waals surface area (Å²) in [5, 5.41) is 8.94. The molecule has 0 amide bonds. The molecule has 3 nitrogen and oxygen atoms in total. The van der Waals surface area contributed by atoms with E-state index in [9.17, 15) is 4.21 Å². The van der Waals surface area contributed by atoms with E-state index in [2.05, 4.69) is 0 Å². The average Bonchev–Trinajstić information content (AvgIpc) is 2.29. The lowest BCUT2D eigenvalue weighted by Gasteiger charge is -2.25. The molecule has 0 radical (unpaired) electrons. The first-order chi connectivity index (χ1) is 8.48. The Morgan fingerprint density at radius 3 is 2.39 bits per heavy atom. The molecule has 0 spiro atoms. The predicted molar refractivity (Wildman–Crippen MR) is 74.4 cm³/mol. The van der Waals surface area contributed by atoms with Crippen LogP contribution in [0.2, 0.25) is 0 Å². The molecule has 1 unspecified atom stereocenters. The standard InChI is InChI=1S/C14H22O3S/c1-4-11-18(16)13-7-5-12(6-8-13)17-14(2,3)9-10-15/h5-8,15H,4,9-11H2,1-3H3. The van der Waals surface area contributed by atoms with E-state index in [4.69, 9.17) is 9.84 Å². The van der Waals surface area contributed by atoms with E-state index >= 15 is 0 Å². The van der Waals surface area contributed by atoms with Crippen LogP contribution in [0.4, 0.5) is 0 Å². The average molecular weight is 270 g/mol. The minimum Gasteiger partial charge on any atom is -0.488 e. The molecular weight excluding hydrogens is 248 g/mol. The van der Waals surface area contributed by atoms with Crippen molar-refractivity contribution in [3.63, 3.8) is 0 Å². The Hall–Kier alpha value is -0.870. The maximum absolute atomic E-state index is 11.8. The second kappa shape index (κ2) is 6.90. The fourth-order valence-corrected chi connectivity index (χ4v) is 2.65. The zero-order valence-corrected chi connectivity index (χ0v) is 12.1. The maximum atomic E-state index is 11.8. The molecule has 0 saturated heterocycles. The van der Waals surface area contributed by atoms with Crippen molar-refractivity contribution < 1.29 is 14.1 Å². The highest BCUT2D eigenvalue weighted by atomic mass is 32.2. The number of ether oxygens (including phenoxy) is 1. The number of hydrogen-bond donors (Lipinski definition) is 1. The van der Waals surface area contributed by atoms with Crippen LogP contribution in [-0.4, -0.2) is 27.3 Å². The van der Waals surface area contributed by atoms with E-state index in [1.807, 2.05) is 45.0 Å². The molecule has 0 heterocycles. The van der Waals surface area contributed by atoms with Crippen LogP contribution >= 0.6 is 0 Å². The number of rotatable bonds is 7. The Morgan fingerprint density at radius 2 is 1.89 bits per heavy atom. The Labute approximate surface area is 112 Å². The first-order valence-corrected chi connectivity index (χ1v) is 7.58. The number of hydrogen-bond acceptors (Lipinski definition) is 3. The third-order valence-corrected chi connectivity index (χ3v) is 4.16. The summed E-state index contributed by atoms with van der Waals surface area (Å²) in [5.41, 5.74) is -0.390. The molecule has 1 aromatic rings. The zero-order chi connectivity index (χ0) is 13.6. The Balaban J connectivity index is 2.68. The van der Waals surface area contributed by atoms with Crippen LogP contribution in [-0.2, 0) is 10.8 Å². The van der Waals surface area contributed by atoms with E-state index in [0.717, 1.165) is 17.1 Å². The molecule has 0 aliphatic rings. The smallest absolute Gasteiger partial charge is 0.120 e. The molecule has 1 atom stereocenters. The summed E-state index contributed by atoms with van der Waals surface area (Å²) in [6.45, 7) is 6.00. The second-order valence-corrected chi connectivity index (χ2v) is 6.43. The van der Waals surface area contributed by atoms with Gasteiger partial charge in [0.05, 0.1) is 10.8 Å². The molecule has 102 valence electrons. The largest absolute Gasteiger partial charge is 0.488 e. The van der Waals surface area contributed by atoms with Crippen LogP contribution in [0.1, 0.15) is 33.6 Å². The summed E-state index contributed by atoms with van der Waals surface area (Å²) in [6.07, 6.45) is 1.49. The third kappa shape index (κ3) is 4.78. The lowest BCUT2D eigenvalue weighted by atomic mass is 10.1. The van der Waals surface area contributed by atoms with Gasteiger partial charge in [-0.15, -0.1) is 0 Å². The van der Waals surface area contributed by atoms with Crippen molar-refractivity contribution in [2.24, 2.45) is 0 Å². The predicted octanol–water partition coefficient (Wildman–Crippen LogP) is 2.74. The number of aliphatic hydroxyl groups excluding tert-OH is 1. The summed E-state index contributed by atoms with van der Waals surface area (Å²) in [7, 11) is -0.914. The van der Waals surface area contributed by atoms with Crippen molar-refractivity contribution in [1.29, 1.82) is 0 Å². The van der Waals surface area contributed by atoms with Crippen LogP contribution in [0, 0.1) is 0 Å². The van der Waals surface area contributed by atoms with Crippen molar-refractivity contribution in [3.8, 4) is 5.75 Å². The van der Waals surface area contributed by atoms with Crippen molar-refractivity contribution in [2.45, 2.75) is 44.1 Å². The highest BCUT2D eigenvalue weighted by Gasteiger charge is 2.18. The molecule has 0 aliphatic carbocycles. The van der Waals surface area contributed by atoms with Gasteiger partial charge in [0.25, 0.3) is 0 Å². The van der Waals surface area contributed by atoms with E-state index in [0.29, 0.717) is 12.2 Å². The fourth-order valence-electron chi connectivity index (χ4n) is 1.60. The number of aliphatic hydroxyl groups is 1. The molecule has 0 aromatic heterocycles. The molecule has 0 saturated carbocycles. The van der Waals surface area contributed by atoms with Gasteiger partial charge in [0, 0.05) is 23.7 Å². The SMILES string of the molecule is CCCS(=O)c1ccc(OC(C)(C)CCO)cc1. The normalized spacial score (nSPS) is 13.3. The Kier molecular flexibility index (Phi) is 5.82. The van der Waals surface area contributed by atoms with Crippen molar-refractivity contribution in [2.75, 3.05) is 12.4 Å². The number of benzene rings is 1. The van der Waals surface area contributed by atoms with E-state index < -0.39 is 16.4 Å². The van der Waals surface area contributed by atoms with Gasteiger partial charge in [0.2, 0.25) is 0 Å². The van der Waals surface area contributed by atoms with E-state index in [-0.39, 0.29) is 6.61 Å². The Morgan fingerprint density at radius 1 is 1.28 bits per heavy atom. The van der Waals surface area contributed by atoms with Gasteiger partial charge >= 0.3 is 0 Å². The summed E-state index contributed by atoms with van der Waals surface area (Å²) in [4.78, 5) is 0.837. The molecule has 1 aromatic carbocycles. The highest BCUT2D eigenvalue weighted by molar-refractivity contribution is 7.85. The summed E-state index contributed by atoms with van der Waals surface area (Å²) >= 11 is 0. The minimum atomic E-state index is -0.914.